The van der Waals surface area contributed by atoms with Crippen LogP contribution in [-0.4, -0.2) is 50.2 Å². The molecule has 5 heteroatoms. The van der Waals surface area contributed by atoms with Crippen LogP contribution in [0, 0.1) is 5.92 Å². The van der Waals surface area contributed by atoms with Gasteiger partial charge in [0.25, 0.3) is 0 Å². The molecule has 0 rings (SSSR count). The van der Waals surface area contributed by atoms with Gasteiger partial charge in [0.1, 0.15) is 12.7 Å². The Bertz CT molecular complexity index is 504. The molecule has 5 nitrogen and oxygen atoms in total. The molecule has 0 N–H and O–H groups in total. The predicted octanol–water partition coefficient (Wildman–Crippen LogP) is 7.09. The second kappa shape index (κ2) is 22.4. The van der Waals surface area contributed by atoms with E-state index in [2.05, 4.69) is 19.1 Å². The van der Waals surface area contributed by atoms with Crippen molar-refractivity contribution in [1.82, 2.24) is 4.90 Å². The molecule has 0 saturated heterocycles. The van der Waals surface area contributed by atoms with E-state index >= 15 is 0 Å². The van der Waals surface area contributed by atoms with Crippen LogP contribution in [0.4, 0.5) is 0 Å². The van der Waals surface area contributed by atoms with Gasteiger partial charge >= 0.3 is 11.9 Å². The van der Waals surface area contributed by atoms with Crippen LogP contribution in [0.5, 0.6) is 0 Å². The van der Waals surface area contributed by atoms with Crippen LogP contribution < -0.4 is 0 Å². The number of unbranched alkanes of at least 4 members (excludes halogenated alkanes) is 12. The molecule has 33 heavy (non-hydrogen) atoms. The Hall–Kier alpha value is -1.36. The van der Waals surface area contributed by atoms with Crippen LogP contribution in [0.25, 0.3) is 0 Å². The second-order valence-electron chi connectivity index (χ2n) is 9.78. The van der Waals surface area contributed by atoms with Crippen LogP contribution in [0.15, 0.2) is 12.2 Å². The van der Waals surface area contributed by atoms with Crippen LogP contribution in [0.1, 0.15) is 117 Å². The highest BCUT2D eigenvalue weighted by Crippen LogP contribution is 2.11. The third-order valence-corrected chi connectivity index (χ3v) is 5.73. The smallest absolute Gasteiger partial charge is 0.310 e. The summed E-state index contributed by atoms with van der Waals surface area (Å²) >= 11 is 0. The number of esters is 2. The summed E-state index contributed by atoms with van der Waals surface area (Å²) in [5.74, 6) is -0.640. The van der Waals surface area contributed by atoms with Crippen molar-refractivity contribution in [3.63, 3.8) is 0 Å². The van der Waals surface area contributed by atoms with Crippen molar-refractivity contribution in [2.45, 2.75) is 123 Å². The Morgan fingerprint density at radius 2 is 1.30 bits per heavy atom. The first-order valence-electron chi connectivity index (χ1n) is 13.5. The SMILES string of the molecule is CCCCCCCC/C=C/CCCCCCCCC(=O)OC(C)COC(=O)C(C)CN(C)C. The fraction of sp³-hybridized carbons (Fsp3) is 0.857. The van der Waals surface area contributed by atoms with Gasteiger partial charge in [0.2, 0.25) is 0 Å². The Kier molecular flexibility index (Phi) is 21.5. The van der Waals surface area contributed by atoms with Crippen LogP contribution in [0.3, 0.4) is 0 Å². The third-order valence-electron chi connectivity index (χ3n) is 5.73. The Balaban J connectivity index is 3.51. The van der Waals surface area contributed by atoms with Gasteiger partial charge in [-0.1, -0.05) is 83.8 Å². The summed E-state index contributed by atoms with van der Waals surface area (Å²) in [7, 11) is 3.84. The lowest BCUT2D eigenvalue weighted by Gasteiger charge is -2.18. The minimum absolute atomic E-state index is 0.121. The predicted molar refractivity (Wildman–Crippen MR) is 138 cm³/mol. The fourth-order valence-electron chi connectivity index (χ4n) is 3.80. The summed E-state index contributed by atoms with van der Waals surface area (Å²) in [5, 5.41) is 0. The summed E-state index contributed by atoms with van der Waals surface area (Å²) in [5.41, 5.74) is 0. The van der Waals surface area contributed by atoms with Crippen molar-refractivity contribution in [1.29, 1.82) is 0 Å². The monoisotopic (exact) mass is 467 g/mol. The maximum Gasteiger partial charge on any atom is 0.310 e. The number of allylic oxidation sites excluding steroid dienone is 2. The Morgan fingerprint density at radius 3 is 1.85 bits per heavy atom. The number of rotatable bonds is 22. The average Bonchev–Trinajstić information content (AvgIpc) is 2.76. The van der Waals surface area contributed by atoms with Crippen molar-refractivity contribution >= 4 is 11.9 Å². The zero-order chi connectivity index (χ0) is 24.7. The molecule has 0 aliphatic heterocycles. The molecule has 0 aromatic carbocycles. The van der Waals surface area contributed by atoms with E-state index in [1.54, 1.807) is 6.92 Å². The van der Waals surface area contributed by atoms with Gasteiger partial charge in [-0.25, -0.2) is 0 Å². The number of hydrogen-bond acceptors (Lipinski definition) is 5. The first-order valence-corrected chi connectivity index (χ1v) is 13.5. The molecule has 0 aromatic heterocycles. The van der Waals surface area contributed by atoms with Gasteiger partial charge in [-0.2, -0.15) is 0 Å². The molecular weight excluding hydrogens is 414 g/mol. The molecule has 0 heterocycles. The maximum absolute atomic E-state index is 11.9. The lowest BCUT2D eigenvalue weighted by Crippen LogP contribution is -2.29. The minimum Gasteiger partial charge on any atom is -0.462 e. The third kappa shape index (κ3) is 22.2. The van der Waals surface area contributed by atoms with Gasteiger partial charge in [-0.3, -0.25) is 9.59 Å². The lowest BCUT2D eigenvalue weighted by molar-refractivity contribution is -0.160. The van der Waals surface area contributed by atoms with E-state index in [0.717, 1.165) is 12.8 Å². The zero-order valence-corrected chi connectivity index (χ0v) is 22.4. The molecule has 0 radical (unpaired) electrons. The van der Waals surface area contributed by atoms with Crippen molar-refractivity contribution in [3.05, 3.63) is 12.2 Å². The van der Waals surface area contributed by atoms with Crippen molar-refractivity contribution < 1.29 is 19.1 Å². The fourth-order valence-corrected chi connectivity index (χ4v) is 3.80. The van der Waals surface area contributed by atoms with Crippen LogP contribution in [0.2, 0.25) is 0 Å². The van der Waals surface area contributed by atoms with E-state index in [-0.39, 0.29) is 24.5 Å². The molecule has 0 amide bonds. The van der Waals surface area contributed by atoms with Gasteiger partial charge in [0, 0.05) is 13.0 Å². The molecule has 0 bridgehead atoms. The number of carbonyl (C=O) groups excluding carboxylic acids is 2. The summed E-state index contributed by atoms with van der Waals surface area (Å²) in [6, 6.07) is 0. The normalized spacial score (nSPS) is 13.4. The highest BCUT2D eigenvalue weighted by atomic mass is 16.6. The second-order valence-corrected chi connectivity index (χ2v) is 9.78. The van der Waals surface area contributed by atoms with Crippen LogP contribution in [-0.2, 0) is 19.1 Å². The van der Waals surface area contributed by atoms with Crippen molar-refractivity contribution in [3.8, 4) is 0 Å². The van der Waals surface area contributed by atoms with E-state index in [9.17, 15) is 9.59 Å². The van der Waals surface area contributed by atoms with E-state index < -0.39 is 6.10 Å². The largest absolute Gasteiger partial charge is 0.462 e. The molecular formula is C28H53NO4. The highest BCUT2D eigenvalue weighted by molar-refractivity contribution is 5.72. The topological polar surface area (TPSA) is 55.8 Å². The van der Waals surface area contributed by atoms with E-state index in [4.69, 9.17) is 9.47 Å². The zero-order valence-electron chi connectivity index (χ0n) is 22.4. The Labute approximate surface area is 204 Å². The number of nitrogens with zero attached hydrogens (tertiary/aromatic N) is 1. The first-order chi connectivity index (χ1) is 15.9. The van der Waals surface area contributed by atoms with Gasteiger partial charge in [-0.15, -0.1) is 0 Å². The van der Waals surface area contributed by atoms with Gasteiger partial charge in [0.15, 0.2) is 0 Å². The number of carbonyl (C=O) groups is 2. The summed E-state index contributed by atoms with van der Waals surface area (Å²) in [6.45, 7) is 6.63. The van der Waals surface area contributed by atoms with Gasteiger partial charge in [-0.05, 0) is 53.1 Å². The maximum atomic E-state index is 11.9. The summed E-state index contributed by atoms with van der Waals surface area (Å²) < 4.78 is 10.6. The molecule has 0 aliphatic carbocycles. The molecule has 0 saturated carbocycles. The number of hydrogen-bond donors (Lipinski definition) is 0. The van der Waals surface area contributed by atoms with E-state index in [1.165, 1.54) is 77.0 Å². The molecule has 194 valence electrons. The Morgan fingerprint density at radius 1 is 0.788 bits per heavy atom. The first kappa shape index (κ1) is 31.6. The van der Waals surface area contributed by atoms with Crippen molar-refractivity contribution in [2.24, 2.45) is 5.92 Å². The van der Waals surface area contributed by atoms with E-state index in [1.807, 2.05) is 25.9 Å². The average molecular weight is 468 g/mol. The summed E-state index contributed by atoms with van der Waals surface area (Å²) in [6.07, 6.45) is 22.2. The molecule has 0 aromatic rings. The van der Waals surface area contributed by atoms with Gasteiger partial charge in [0.05, 0.1) is 5.92 Å². The van der Waals surface area contributed by atoms with Gasteiger partial charge < -0.3 is 14.4 Å². The summed E-state index contributed by atoms with van der Waals surface area (Å²) in [4.78, 5) is 25.8. The highest BCUT2D eigenvalue weighted by Gasteiger charge is 2.17. The standard InChI is InChI=1S/C28H53NO4/c1-6-7-8-9-10-11-12-13-14-15-16-17-18-19-20-21-22-27(30)33-26(3)24-32-28(31)25(2)23-29(4)5/h13-14,25-26H,6-12,15-24H2,1-5H3/b14-13+. The van der Waals surface area contributed by atoms with E-state index in [0.29, 0.717) is 13.0 Å². The molecule has 0 aliphatic rings. The minimum atomic E-state index is -0.401. The lowest BCUT2D eigenvalue weighted by atomic mass is 10.1. The quantitative estimate of drug-likeness (QED) is 0.0966. The van der Waals surface area contributed by atoms with Crippen LogP contribution >= 0.6 is 0 Å². The molecule has 2 unspecified atom stereocenters. The molecule has 2 atom stereocenters. The van der Waals surface area contributed by atoms with Crippen molar-refractivity contribution in [2.75, 3.05) is 27.2 Å². The number of ether oxygens (including phenoxy) is 2. The molecule has 0 fully saturated rings. The molecule has 0 spiro atoms.